The van der Waals surface area contributed by atoms with E-state index in [0.717, 1.165) is 0 Å². The molecule has 0 saturated carbocycles. The van der Waals surface area contributed by atoms with E-state index in [2.05, 4.69) is 28.8 Å². The van der Waals surface area contributed by atoms with Crippen LogP contribution in [0.15, 0.2) is 0 Å². The van der Waals surface area contributed by atoms with E-state index in [4.69, 9.17) is 17.3 Å². The quantitative estimate of drug-likeness (QED) is 0.877. The molecule has 1 aromatic heterocycles. The van der Waals surface area contributed by atoms with Gasteiger partial charge in [-0.15, -0.1) is 11.8 Å². The average Bonchev–Trinajstić information content (AvgIpc) is 2.69. The van der Waals surface area contributed by atoms with Gasteiger partial charge in [0.1, 0.15) is 6.04 Å². The highest BCUT2D eigenvalue weighted by Gasteiger charge is 2.52. The summed E-state index contributed by atoms with van der Waals surface area (Å²) < 4.78 is -0.349. The van der Waals surface area contributed by atoms with Crippen molar-refractivity contribution in [3.63, 3.8) is 0 Å². The lowest BCUT2D eigenvalue weighted by Gasteiger charge is -2.32. The molecule has 1 aromatic rings. The van der Waals surface area contributed by atoms with Gasteiger partial charge in [-0.2, -0.15) is 15.0 Å². The first kappa shape index (κ1) is 18.1. The van der Waals surface area contributed by atoms with Gasteiger partial charge in [0.25, 0.3) is 0 Å². The van der Waals surface area contributed by atoms with Crippen LogP contribution in [0.2, 0.25) is 5.28 Å². The summed E-state index contributed by atoms with van der Waals surface area (Å²) in [5, 5.41) is 0.120. The van der Waals surface area contributed by atoms with Crippen molar-refractivity contribution in [2.45, 2.75) is 43.9 Å². The molecule has 1 fully saturated rings. The Labute approximate surface area is 146 Å². The molecular weight excluding hydrogens is 336 g/mol. The summed E-state index contributed by atoms with van der Waals surface area (Å²) in [5.41, 5.74) is 5.69. The molecule has 2 unspecified atom stereocenters. The van der Waals surface area contributed by atoms with Crippen LogP contribution in [-0.4, -0.2) is 51.1 Å². The maximum absolute atomic E-state index is 12.1. The van der Waals surface area contributed by atoms with E-state index < -0.39 is 11.9 Å². The van der Waals surface area contributed by atoms with Gasteiger partial charge in [0.15, 0.2) is 0 Å². The summed E-state index contributed by atoms with van der Waals surface area (Å²) in [6.07, 6.45) is 0. The molecule has 1 aliphatic rings. The number of halogens is 1. The minimum Gasteiger partial charge on any atom is -0.368 e. The SMILES string of the molecule is CC(C)C1SC(C)(C)C(C(N)=O)N1c1nc(Cl)nc(N(C)C)n1. The van der Waals surface area contributed by atoms with Gasteiger partial charge < -0.3 is 15.5 Å². The van der Waals surface area contributed by atoms with Crippen LogP contribution in [0.3, 0.4) is 0 Å². The summed E-state index contributed by atoms with van der Waals surface area (Å²) in [5.74, 6) is 0.713. The summed E-state index contributed by atoms with van der Waals surface area (Å²) in [7, 11) is 3.65. The van der Waals surface area contributed by atoms with Crippen molar-refractivity contribution in [3.05, 3.63) is 5.28 Å². The van der Waals surface area contributed by atoms with Crippen LogP contribution in [0.4, 0.5) is 11.9 Å². The van der Waals surface area contributed by atoms with E-state index in [9.17, 15) is 4.79 Å². The van der Waals surface area contributed by atoms with Crippen molar-refractivity contribution in [3.8, 4) is 0 Å². The Balaban J connectivity index is 2.58. The Morgan fingerprint density at radius 3 is 2.43 bits per heavy atom. The number of amides is 1. The minimum absolute atomic E-state index is 0.0241. The van der Waals surface area contributed by atoms with Gasteiger partial charge in [-0.05, 0) is 31.4 Å². The van der Waals surface area contributed by atoms with Gasteiger partial charge in [0.2, 0.25) is 23.1 Å². The second-order valence-corrected chi connectivity index (χ2v) is 8.78. The molecule has 2 atom stereocenters. The first-order valence-electron chi connectivity index (χ1n) is 7.39. The molecule has 9 heteroatoms. The molecule has 0 radical (unpaired) electrons. The lowest BCUT2D eigenvalue weighted by Crippen LogP contribution is -2.52. The maximum Gasteiger partial charge on any atom is 0.241 e. The van der Waals surface area contributed by atoms with Crippen molar-refractivity contribution in [2.75, 3.05) is 23.9 Å². The smallest absolute Gasteiger partial charge is 0.241 e. The van der Waals surface area contributed by atoms with Gasteiger partial charge >= 0.3 is 0 Å². The van der Waals surface area contributed by atoms with E-state index >= 15 is 0 Å². The number of rotatable bonds is 4. The van der Waals surface area contributed by atoms with Crippen LogP contribution in [-0.2, 0) is 4.79 Å². The number of carbonyl (C=O) groups excluding carboxylic acids is 1. The second kappa shape index (κ2) is 6.32. The van der Waals surface area contributed by atoms with E-state index in [0.29, 0.717) is 11.9 Å². The number of aromatic nitrogens is 3. The number of anilines is 2. The van der Waals surface area contributed by atoms with Crippen LogP contribution < -0.4 is 15.5 Å². The normalized spacial score (nSPS) is 23.4. The highest BCUT2D eigenvalue weighted by molar-refractivity contribution is 8.01. The van der Waals surface area contributed by atoms with E-state index in [1.165, 1.54) is 0 Å². The highest BCUT2D eigenvalue weighted by atomic mass is 35.5. The second-order valence-electron chi connectivity index (χ2n) is 6.67. The Hall–Kier alpha value is -1.28. The van der Waals surface area contributed by atoms with Crippen molar-refractivity contribution in [1.29, 1.82) is 0 Å². The van der Waals surface area contributed by atoms with Crippen molar-refractivity contribution >= 4 is 41.2 Å². The molecule has 128 valence electrons. The molecule has 1 aliphatic heterocycles. The monoisotopic (exact) mass is 358 g/mol. The third-order valence-electron chi connectivity index (χ3n) is 3.69. The molecule has 2 rings (SSSR count). The van der Waals surface area contributed by atoms with Crippen LogP contribution in [0.25, 0.3) is 0 Å². The van der Waals surface area contributed by atoms with E-state index in [-0.39, 0.29) is 21.3 Å². The fourth-order valence-electron chi connectivity index (χ4n) is 2.73. The number of primary amides is 1. The molecule has 0 aromatic carbocycles. The molecule has 1 amide bonds. The van der Waals surface area contributed by atoms with Gasteiger partial charge in [-0.1, -0.05) is 13.8 Å². The zero-order valence-electron chi connectivity index (χ0n) is 14.2. The van der Waals surface area contributed by atoms with Crippen molar-refractivity contribution < 1.29 is 4.79 Å². The fraction of sp³-hybridized carbons (Fsp3) is 0.714. The summed E-state index contributed by atoms with van der Waals surface area (Å²) in [4.78, 5) is 28.6. The molecule has 1 saturated heterocycles. The number of hydrogen-bond donors (Lipinski definition) is 1. The van der Waals surface area contributed by atoms with Crippen molar-refractivity contribution in [1.82, 2.24) is 15.0 Å². The summed E-state index contributed by atoms with van der Waals surface area (Å²) >= 11 is 7.76. The molecule has 0 bridgehead atoms. The largest absolute Gasteiger partial charge is 0.368 e. The highest BCUT2D eigenvalue weighted by Crippen LogP contribution is 2.48. The third-order valence-corrected chi connectivity index (χ3v) is 5.70. The Kier molecular flexibility index (Phi) is 4.96. The molecule has 7 nitrogen and oxygen atoms in total. The number of hydrogen-bond acceptors (Lipinski definition) is 7. The molecular formula is C14H23ClN6OS. The zero-order valence-corrected chi connectivity index (χ0v) is 15.8. The van der Waals surface area contributed by atoms with Crippen LogP contribution >= 0.6 is 23.4 Å². The van der Waals surface area contributed by atoms with Gasteiger partial charge in [-0.25, -0.2) is 0 Å². The third kappa shape index (κ3) is 3.47. The van der Waals surface area contributed by atoms with Crippen molar-refractivity contribution in [2.24, 2.45) is 11.7 Å². The minimum atomic E-state index is -0.520. The Bertz CT molecular complexity index is 609. The average molecular weight is 359 g/mol. The first-order chi connectivity index (χ1) is 10.5. The van der Waals surface area contributed by atoms with Gasteiger partial charge in [-0.3, -0.25) is 4.79 Å². The number of nitrogens with zero attached hydrogens (tertiary/aromatic N) is 5. The first-order valence-corrected chi connectivity index (χ1v) is 8.64. The fourth-order valence-corrected chi connectivity index (χ4v) is 4.46. The molecule has 0 aliphatic carbocycles. The lowest BCUT2D eigenvalue weighted by atomic mass is 10.0. The zero-order chi connectivity index (χ0) is 17.5. The molecule has 2 N–H and O–H groups in total. The van der Waals surface area contributed by atoms with Crippen LogP contribution in [0.5, 0.6) is 0 Å². The predicted molar refractivity (Wildman–Crippen MR) is 94.9 cm³/mol. The number of thioether (sulfide) groups is 1. The Morgan fingerprint density at radius 1 is 1.35 bits per heavy atom. The predicted octanol–water partition coefficient (Wildman–Crippen LogP) is 1.76. The van der Waals surface area contributed by atoms with Gasteiger partial charge in [0.05, 0.1) is 5.37 Å². The van der Waals surface area contributed by atoms with E-state index in [1.807, 2.05) is 32.8 Å². The molecule has 0 spiro atoms. The summed E-state index contributed by atoms with van der Waals surface area (Å²) in [6, 6.07) is -0.520. The van der Waals surface area contributed by atoms with Crippen LogP contribution in [0.1, 0.15) is 27.7 Å². The Morgan fingerprint density at radius 2 is 1.96 bits per heavy atom. The van der Waals surface area contributed by atoms with Gasteiger partial charge in [0, 0.05) is 18.8 Å². The van der Waals surface area contributed by atoms with Crippen LogP contribution in [0, 0.1) is 5.92 Å². The molecule has 2 heterocycles. The standard InChI is InChI=1S/C14H23ClN6OS/c1-7(2)10-21(8(9(16)22)14(3,4)23-10)13-18-11(15)17-12(19-13)20(5)6/h7-8,10H,1-6H3,(H2,16,22). The number of carbonyl (C=O) groups is 1. The topological polar surface area (TPSA) is 88.2 Å². The number of nitrogens with two attached hydrogens (primary N) is 1. The summed E-state index contributed by atoms with van der Waals surface area (Å²) in [6.45, 7) is 8.22. The maximum atomic E-state index is 12.1. The lowest BCUT2D eigenvalue weighted by molar-refractivity contribution is -0.119. The molecule has 23 heavy (non-hydrogen) atoms. The van der Waals surface area contributed by atoms with E-state index in [1.54, 1.807) is 16.7 Å².